The monoisotopic (exact) mass is 518 g/mol. The van der Waals surface area contributed by atoms with Crippen LogP contribution in [0.4, 0.5) is 4.79 Å². The maximum Gasteiger partial charge on any atom is 0.327 e. The number of urea groups is 1. The lowest BCUT2D eigenvalue weighted by Gasteiger charge is -2.18. The average Bonchev–Trinajstić information content (AvgIpc) is 3.21. The summed E-state index contributed by atoms with van der Waals surface area (Å²) >= 11 is 0. The van der Waals surface area contributed by atoms with Crippen LogP contribution in [0.5, 0.6) is 0 Å². The molecule has 1 saturated heterocycles. The zero-order valence-electron chi connectivity index (χ0n) is 21.3. The minimum Gasteiger partial charge on any atom is -0.335 e. The summed E-state index contributed by atoms with van der Waals surface area (Å²) in [6, 6.07) is -0.412. The van der Waals surface area contributed by atoms with Gasteiger partial charge in [-0.15, -0.1) is 0 Å². The minimum atomic E-state index is -0.646. The molecular weight excluding hydrogens is 488 g/mol. The van der Waals surface area contributed by atoms with Gasteiger partial charge in [-0.1, -0.05) is 20.8 Å². The fourth-order valence-corrected chi connectivity index (χ4v) is 2.95. The number of amides is 3. The van der Waals surface area contributed by atoms with Crippen molar-refractivity contribution in [3.05, 3.63) is 58.8 Å². The number of imidazole rings is 1. The molecule has 0 spiro atoms. The number of nitrogens with zero attached hydrogens (tertiary/aromatic N) is 1. The summed E-state index contributed by atoms with van der Waals surface area (Å²) in [6.45, 7) is 10.6. The van der Waals surface area contributed by atoms with Gasteiger partial charge in [0.15, 0.2) is 11.5 Å². The number of rotatable bonds is 3. The Hall–Kier alpha value is -4.56. The highest BCUT2D eigenvalue weighted by atomic mass is 16.2. The van der Waals surface area contributed by atoms with Crippen molar-refractivity contribution in [3.8, 4) is 0 Å². The number of carbonyl (C=O) groups excluding carboxylic acids is 3. The van der Waals surface area contributed by atoms with E-state index >= 15 is 0 Å². The van der Waals surface area contributed by atoms with Gasteiger partial charge in [-0.3, -0.25) is 39.4 Å². The van der Waals surface area contributed by atoms with Crippen LogP contribution in [-0.4, -0.2) is 53.7 Å². The van der Waals surface area contributed by atoms with Crippen LogP contribution in [0.1, 0.15) is 62.4 Å². The van der Waals surface area contributed by atoms with Gasteiger partial charge in [0.1, 0.15) is 5.52 Å². The molecule has 15 nitrogen and oxygen atoms in total. The van der Waals surface area contributed by atoms with Crippen LogP contribution in [0.15, 0.2) is 19.2 Å². The summed E-state index contributed by atoms with van der Waals surface area (Å²) in [4.78, 5) is 92.7. The molecule has 1 aliphatic rings. The lowest BCUT2D eigenvalue weighted by atomic mass is 9.85. The number of hydrogen-bond acceptors (Lipinski definition) is 8. The Morgan fingerprint density at radius 3 is 2.05 bits per heavy atom. The number of aromatic nitrogens is 6. The second-order valence-electron chi connectivity index (χ2n) is 9.07. The Morgan fingerprint density at radius 2 is 1.51 bits per heavy atom. The molecule has 0 aromatic carbocycles. The highest BCUT2D eigenvalue weighted by Gasteiger charge is 2.29. The first-order valence-electron chi connectivity index (χ1n) is 11.3. The van der Waals surface area contributed by atoms with Gasteiger partial charge < -0.3 is 15.3 Å². The van der Waals surface area contributed by atoms with E-state index in [1.165, 1.54) is 0 Å². The zero-order chi connectivity index (χ0) is 28.1. The van der Waals surface area contributed by atoms with Crippen LogP contribution in [-0.2, 0) is 4.79 Å². The fourth-order valence-electron chi connectivity index (χ4n) is 2.95. The molecule has 0 saturated carbocycles. The lowest BCUT2D eigenvalue weighted by molar-refractivity contribution is -0.121. The first kappa shape index (κ1) is 28.7. The number of ketones is 1. The maximum atomic E-state index is 12.2. The van der Waals surface area contributed by atoms with Crippen LogP contribution >= 0.6 is 0 Å². The van der Waals surface area contributed by atoms with E-state index in [2.05, 4.69) is 40.5 Å². The Morgan fingerprint density at radius 1 is 0.919 bits per heavy atom. The third kappa shape index (κ3) is 7.46. The molecule has 15 heteroatoms. The van der Waals surface area contributed by atoms with E-state index in [-0.39, 0.29) is 40.3 Å². The molecule has 3 aromatic heterocycles. The van der Waals surface area contributed by atoms with Gasteiger partial charge in [0.05, 0.1) is 0 Å². The Labute approximate surface area is 208 Å². The normalized spacial score (nSPS) is 15.0. The van der Waals surface area contributed by atoms with Crippen molar-refractivity contribution in [1.29, 1.82) is 0 Å². The van der Waals surface area contributed by atoms with Crippen molar-refractivity contribution in [3.63, 3.8) is 0 Å². The van der Waals surface area contributed by atoms with Crippen molar-refractivity contribution >= 4 is 28.9 Å². The standard InChI is InChI=1S/C11H14N4O3.C6H8N2O2.C5H8N2O2/c1-4-11(2,3)6(16)8-12-5-7(13-8)14-10(18)15-9(5)17;1-3-4(2)7-6(10)8-5(3)9;1-3-2-4(8)7-5(9)6-3/h4H2,1-3H3,(H3,12,13,14,15,17,18);1-2H3,(H2,7,8,9,10);3H,2H2,1H3,(H2,6,7,8,9). The Kier molecular flexibility index (Phi) is 8.87. The van der Waals surface area contributed by atoms with Crippen molar-refractivity contribution < 1.29 is 14.4 Å². The number of aromatic amines is 5. The minimum absolute atomic E-state index is 0.0220. The molecule has 7 N–H and O–H groups in total. The highest BCUT2D eigenvalue weighted by Crippen LogP contribution is 2.24. The molecular formula is C22H30N8O7. The number of H-pyrrole nitrogens is 5. The predicted octanol–water partition coefficient (Wildman–Crippen LogP) is -0.157. The SMILES string of the molecule is CC1CC(=O)NC(=O)N1.CCC(C)(C)C(=O)c1nc2[nH]c(=O)[nH]c(=O)c2[nH]1.Cc1[nH]c(=O)[nH]c(=O)c1C. The number of imide groups is 1. The van der Waals surface area contributed by atoms with Crippen LogP contribution in [0, 0.1) is 19.3 Å². The number of hydrogen-bond donors (Lipinski definition) is 7. The molecule has 4 rings (SSSR count). The Bertz CT molecular complexity index is 1540. The summed E-state index contributed by atoms with van der Waals surface area (Å²) in [5, 5.41) is 4.66. The molecule has 1 fully saturated rings. The lowest BCUT2D eigenvalue weighted by Crippen LogP contribution is -2.50. The molecule has 1 aliphatic heterocycles. The van der Waals surface area contributed by atoms with Gasteiger partial charge >= 0.3 is 17.4 Å². The van der Waals surface area contributed by atoms with Crippen molar-refractivity contribution in [2.75, 3.05) is 0 Å². The molecule has 4 heterocycles. The van der Waals surface area contributed by atoms with E-state index in [9.17, 15) is 33.6 Å². The van der Waals surface area contributed by atoms with E-state index in [1.54, 1.807) is 34.6 Å². The number of aryl methyl sites for hydroxylation is 1. The summed E-state index contributed by atoms with van der Waals surface area (Å²) in [5.74, 6) is -0.308. The van der Waals surface area contributed by atoms with Crippen molar-refractivity contribution in [2.24, 2.45) is 5.41 Å². The number of carbonyl (C=O) groups is 3. The first-order valence-corrected chi connectivity index (χ1v) is 11.3. The molecule has 0 aliphatic carbocycles. The van der Waals surface area contributed by atoms with Crippen LogP contribution < -0.4 is 33.1 Å². The smallest absolute Gasteiger partial charge is 0.327 e. The van der Waals surface area contributed by atoms with Gasteiger partial charge in [0.2, 0.25) is 11.7 Å². The molecule has 1 atom stereocenters. The summed E-state index contributed by atoms with van der Waals surface area (Å²) in [7, 11) is 0. The topological polar surface area (TPSA) is 235 Å². The quantitative estimate of drug-likeness (QED) is 0.229. The maximum absolute atomic E-state index is 12.2. The number of Topliss-reactive ketones (excluding diaryl/α,β-unsaturated/α-hetero) is 1. The van der Waals surface area contributed by atoms with Gasteiger partial charge in [-0.05, 0) is 27.2 Å². The highest BCUT2D eigenvalue weighted by molar-refractivity contribution is 5.99. The van der Waals surface area contributed by atoms with E-state index in [4.69, 9.17) is 0 Å². The summed E-state index contributed by atoms with van der Waals surface area (Å²) < 4.78 is 0. The largest absolute Gasteiger partial charge is 0.335 e. The van der Waals surface area contributed by atoms with E-state index < -0.39 is 28.4 Å². The van der Waals surface area contributed by atoms with Crippen LogP contribution in [0.2, 0.25) is 0 Å². The van der Waals surface area contributed by atoms with Crippen molar-refractivity contribution in [1.82, 2.24) is 40.5 Å². The van der Waals surface area contributed by atoms with E-state index in [0.717, 1.165) is 0 Å². The molecule has 3 amide bonds. The first-order chi connectivity index (χ1) is 17.1. The number of fused-ring (bicyclic) bond motifs is 1. The third-order valence-corrected chi connectivity index (χ3v) is 5.66. The Balaban J connectivity index is 0.000000214. The van der Waals surface area contributed by atoms with E-state index in [1.807, 2.05) is 6.92 Å². The predicted molar refractivity (Wildman–Crippen MR) is 134 cm³/mol. The number of nitrogens with one attached hydrogen (secondary N) is 7. The average molecular weight is 519 g/mol. The van der Waals surface area contributed by atoms with Crippen LogP contribution in [0.25, 0.3) is 11.2 Å². The van der Waals surface area contributed by atoms with Crippen LogP contribution in [0.3, 0.4) is 0 Å². The fraction of sp³-hybridized carbons (Fsp3) is 0.455. The van der Waals surface area contributed by atoms with Crippen molar-refractivity contribution in [2.45, 2.75) is 60.4 Å². The summed E-state index contributed by atoms with van der Waals surface area (Å²) in [5.41, 5.74) is -1.20. The molecule has 0 radical (unpaired) electrons. The molecule has 1 unspecified atom stereocenters. The van der Waals surface area contributed by atoms with Gasteiger partial charge in [-0.25, -0.2) is 19.4 Å². The van der Waals surface area contributed by atoms with Gasteiger partial charge in [0.25, 0.3) is 11.1 Å². The van der Waals surface area contributed by atoms with E-state index in [0.29, 0.717) is 24.1 Å². The zero-order valence-corrected chi connectivity index (χ0v) is 21.3. The molecule has 0 bridgehead atoms. The summed E-state index contributed by atoms with van der Waals surface area (Å²) in [6.07, 6.45) is 1.03. The van der Waals surface area contributed by atoms with Gasteiger partial charge in [-0.2, -0.15) is 0 Å². The second-order valence-corrected chi connectivity index (χ2v) is 9.07. The molecule has 3 aromatic rings. The molecule has 37 heavy (non-hydrogen) atoms. The molecule has 200 valence electrons. The second kappa shape index (κ2) is 11.5. The van der Waals surface area contributed by atoms with Gasteiger partial charge in [0, 0.05) is 29.1 Å². The third-order valence-electron chi connectivity index (χ3n) is 5.66.